The lowest BCUT2D eigenvalue weighted by Crippen LogP contribution is -2.22. The lowest BCUT2D eigenvalue weighted by molar-refractivity contribution is 0.581. The van der Waals surface area contributed by atoms with Crippen molar-refractivity contribution in [3.8, 4) is 0 Å². The van der Waals surface area contributed by atoms with Gasteiger partial charge in [0.2, 0.25) is 0 Å². The molecule has 1 heterocycles. The Morgan fingerprint density at radius 2 is 2.08 bits per heavy atom. The molecule has 0 unspecified atom stereocenters. The predicted molar refractivity (Wildman–Crippen MR) is 49.4 cm³/mol. The van der Waals surface area contributed by atoms with Crippen molar-refractivity contribution in [2.45, 2.75) is 18.5 Å². The zero-order valence-corrected chi connectivity index (χ0v) is 8.47. The highest BCUT2D eigenvalue weighted by atomic mass is 35.7. The average Bonchev–Trinajstić information content (AvgIpc) is 2.02. The first-order chi connectivity index (χ1) is 5.96. The Morgan fingerprint density at radius 1 is 1.46 bits per heavy atom. The molecule has 4 nitrogen and oxygen atoms in total. The number of nitrogens with zero attached hydrogens (tertiary/aromatic N) is 1. The number of pyridine rings is 1. The Bertz CT molecular complexity index is 463. The van der Waals surface area contributed by atoms with Crippen molar-refractivity contribution in [2.75, 3.05) is 0 Å². The number of rotatable bonds is 2. The standard InChI is InChI=1S/C7H8ClNO3S/c1-2-9-6(10)4-3-5-7(9)13(8,11)12/h3-5H,2H2,1H3. The van der Waals surface area contributed by atoms with E-state index >= 15 is 0 Å². The van der Waals surface area contributed by atoms with Crippen molar-refractivity contribution in [3.05, 3.63) is 28.6 Å². The predicted octanol–water partition coefficient (Wildman–Crippen LogP) is 0.796. The van der Waals surface area contributed by atoms with Gasteiger partial charge in [-0.3, -0.25) is 9.36 Å². The molecule has 0 fully saturated rings. The van der Waals surface area contributed by atoms with Crippen molar-refractivity contribution >= 4 is 19.7 Å². The molecule has 0 aliphatic heterocycles. The van der Waals surface area contributed by atoms with Crippen LogP contribution in [0.5, 0.6) is 0 Å². The minimum Gasteiger partial charge on any atom is -0.298 e. The Morgan fingerprint density at radius 3 is 2.46 bits per heavy atom. The normalized spacial score (nSPS) is 11.5. The fraction of sp³-hybridized carbons (Fsp3) is 0.286. The summed E-state index contributed by atoms with van der Waals surface area (Å²) in [6.45, 7) is 1.95. The molecule has 0 aliphatic rings. The maximum Gasteiger partial charge on any atom is 0.276 e. The Hall–Kier alpha value is -0.810. The third kappa shape index (κ3) is 2.10. The summed E-state index contributed by atoms with van der Waals surface area (Å²) in [5.74, 6) is 0. The molecular weight excluding hydrogens is 214 g/mol. The summed E-state index contributed by atoms with van der Waals surface area (Å²) in [5, 5.41) is -0.163. The molecule has 0 spiro atoms. The van der Waals surface area contributed by atoms with E-state index in [0.29, 0.717) is 0 Å². The maximum absolute atomic E-state index is 11.2. The van der Waals surface area contributed by atoms with Crippen molar-refractivity contribution in [2.24, 2.45) is 0 Å². The van der Waals surface area contributed by atoms with Gasteiger partial charge in [0.15, 0.2) is 5.03 Å². The van der Waals surface area contributed by atoms with Crippen LogP contribution in [0.1, 0.15) is 6.92 Å². The first-order valence-corrected chi connectivity index (χ1v) is 5.92. The van der Waals surface area contributed by atoms with Crippen LogP contribution >= 0.6 is 10.7 Å². The molecule has 1 aromatic rings. The van der Waals surface area contributed by atoms with Crippen molar-refractivity contribution in [1.29, 1.82) is 0 Å². The largest absolute Gasteiger partial charge is 0.298 e. The quantitative estimate of drug-likeness (QED) is 0.694. The number of aromatic nitrogens is 1. The van der Waals surface area contributed by atoms with E-state index in [9.17, 15) is 13.2 Å². The first-order valence-electron chi connectivity index (χ1n) is 3.61. The second-order valence-corrected chi connectivity index (χ2v) is 4.90. The van der Waals surface area contributed by atoms with Crippen molar-refractivity contribution in [3.63, 3.8) is 0 Å². The molecule has 0 amide bonds. The summed E-state index contributed by atoms with van der Waals surface area (Å²) in [7, 11) is 1.29. The molecule has 0 saturated carbocycles. The molecule has 13 heavy (non-hydrogen) atoms. The lowest BCUT2D eigenvalue weighted by Gasteiger charge is -2.05. The summed E-state index contributed by atoms with van der Waals surface area (Å²) < 4.78 is 23.0. The molecule has 1 aromatic heterocycles. The van der Waals surface area contributed by atoms with Gasteiger partial charge < -0.3 is 0 Å². The average molecular weight is 222 g/mol. The van der Waals surface area contributed by atoms with E-state index < -0.39 is 9.05 Å². The highest BCUT2D eigenvalue weighted by Crippen LogP contribution is 2.11. The third-order valence-corrected chi connectivity index (χ3v) is 2.91. The van der Waals surface area contributed by atoms with Gasteiger partial charge in [0, 0.05) is 23.3 Å². The molecular formula is C7H8ClNO3S. The van der Waals surface area contributed by atoms with Gasteiger partial charge in [0.25, 0.3) is 14.6 Å². The van der Waals surface area contributed by atoms with Crippen LogP contribution in [0.25, 0.3) is 0 Å². The van der Waals surface area contributed by atoms with Crippen LogP contribution in [0.2, 0.25) is 0 Å². The van der Waals surface area contributed by atoms with Crippen LogP contribution < -0.4 is 5.56 Å². The number of halogens is 1. The minimum atomic E-state index is -3.83. The fourth-order valence-electron chi connectivity index (χ4n) is 1.03. The van der Waals surface area contributed by atoms with E-state index in [1.54, 1.807) is 6.92 Å². The SMILES string of the molecule is CCn1c(S(=O)(=O)Cl)cccc1=O. The molecule has 0 aromatic carbocycles. The highest BCUT2D eigenvalue weighted by molar-refractivity contribution is 8.13. The second kappa shape index (κ2) is 3.51. The van der Waals surface area contributed by atoms with Gasteiger partial charge in [-0.1, -0.05) is 6.07 Å². The van der Waals surface area contributed by atoms with E-state index in [0.717, 1.165) is 4.57 Å². The molecule has 72 valence electrons. The smallest absolute Gasteiger partial charge is 0.276 e. The molecule has 0 aliphatic carbocycles. The maximum atomic E-state index is 11.2. The van der Waals surface area contributed by atoms with Gasteiger partial charge >= 0.3 is 0 Å². The van der Waals surface area contributed by atoms with Gasteiger partial charge in [-0.15, -0.1) is 0 Å². The van der Waals surface area contributed by atoms with Gasteiger partial charge in [0.1, 0.15) is 0 Å². The summed E-state index contributed by atoms with van der Waals surface area (Å²) >= 11 is 0. The molecule has 0 radical (unpaired) electrons. The summed E-state index contributed by atoms with van der Waals surface area (Å²) in [5.41, 5.74) is -0.371. The lowest BCUT2D eigenvalue weighted by atomic mass is 10.5. The molecule has 0 atom stereocenters. The first kappa shape index (κ1) is 10.3. The number of hydrogen-bond acceptors (Lipinski definition) is 3. The van der Waals surface area contributed by atoms with Crippen LogP contribution in [0.15, 0.2) is 28.0 Å². The topological polar surface area (TPSA) is 56.1 Å². The summed E-state index contributed by atoms with van der Waals surface area (Å²) in [4.78, 5) is 11.2. The molecule has 1 rings (SSSR count). The summed E-state index contributed by atoms with van der Waals surface area (Å²) in [6, 6.07) is 3.95. The highest BCUT2D eigenvalue weighted by Gasteiger charge is 2.14. The van der Waals surface area contributed by atoms with Crippen molar-refractivity contribution in [1.82, 2.24) is 4.57 Å². The van der Waals surface area contributed by atoms with Crippen LogP contribution in [-0.2, 0) is 15.6 Å². The van der Waals surface area contributed by atoms with E-state index in [1.807, 2.05) is 0 Å². The molecule has 0 bridgehead atoms. The third-order valence-electron chi connectivity index (χ3n) is 1.58. The van der Waals surface area contributed by atoms with E-state index in [4.69, 9.17) is 10.7 Å². The second-order valence-electron chi connectivity index (χ2n) is 2.38. The van der Waals surface area contributed by atoms with Gasteiger partial charge in [-0.05, 0) is 13.0 Å². The zero-order valence-electron chi connectivity index (χ0n) is 6.90. The van der Waals surface area contributed by atoms with Crippen LogP contribution in [0.3, 0.4) is 0 Å². The molecule has 0 N–H and O–H groups in total. The fourth-order valence-corrected chi connectivity index (χ4v) is 2.15. The van der Waals surface area contributed by atoms with Gasteiger partial charge in [-0.25, -0.2) is 8.42 Å². The summed E-state index contributed by atoms with van der Waals surface area (Å²) in [6.07, 6.45) is 0. The van der Waals surface area contributed by atoms with Crippen LogP contribution in [0, 0.1) is 0 Å². The monoisotopic (exact) mass is 221 g/mol. The molecule has 0 saturated heterocycles. The van der Waals surface area contributed by atoms with E-state index in [2.05, 4.69) is 0 Å². The van der Waals surface area contributed by atoms with E-state index in [-0.39, 0.29) is 17.1 Å². The van der Waals surface area contributed by atoms with E-state index in [1.165, 1.54) is 18.2 Å². The van der Waals surface area contributed by atoms with Crippen molar-refractivity contribution < 1.29 is 8.42 Å². The number of hydrogen-bond donors (Lipinski definition) is 0. The Labute approximate surface area is 80.2 Å². The molecule has 6 heteroatoms. The zero-order chi connectivity index (χ0) is 10.1. The van der Waals surface area contributed by atoms with Gasteiger partial charge in [-0.2, -0.15) is 0 Å². The Kier molecular flexibility index (Phi) is 2.77. The minimum absolute atomic E-state index is 0.163. The van der Waals surface area contributed by atoms with Crippen LogP contribution in [0.4, 0.5) is 0 Å². The van der Waals surface area contributed by atoms with Crippen LogP contribution in [-0.4, -0.2) is 13.0 Å². The van der Waals surface area contributed by atoms with Gasteiger partial charge in [0.05, 0.1) is 0 Å². The Balaban J connectivity index is 3.56.